The number of ether oxygens (including phenoxy) is 2. The van der Waals surface area contributed by atoms with Gasteiger partial charge in [-0.15, -0.1) is 0 Å². The summed E-state index contributed by atoms with van der Waals surface area (Å²) in [6.07, 6.45) is 0.00890. The maximum Gasteiger partial charge on any atom is 0.337 e. The van der Waals surface area contributed by atoms with Crippen molar-refractivity contribution in [2.24, 2.45) is 0 Å². The number of amides is 1. The number of fused-ring (bicyclic) bond motifs is 2. The van der Waals surface area contributed by atoms with Crippen LogP contribution in [0.1, 0.15) is 82.6 Å². The molecule has 3 aromatic rings. The Morgan fingerprint density at radius 3 is 2.16 bits per heavy atom. The zero-order valence-corrected chi connectivity index (χ0v) is 26.4. The molecule has 2 aliphatic heterocycles. The van der Waals surface area contributed by atoms with Crippen LogP contribution in [0.5, 0.6) is 5.75 Å². The second-order valence-electron chi connectivity index (χ2n) is 12.2. The van der Waals surface area contributed by atoms with E-state index in [1.165, 1.54) is 18.2 Å². The topological polar surface area (TPSA) is 76.1 Å². The van der Waals surface area contributed by atoms with Crippen molar-refractivity contribution in [3.05, 3.63) is 84.4 Å². The molecule has 0 saturated heterocycles. The van der Waals surface area contributed by atoms with Crippen LogP contribution >= 0.6 is 23.2 Å². The van der Waals surface area contributed by atoms with Crippen LogP contribution in [-0.4, -0.2) is 34.1 Å². The van der Waals surface area contributed by atoms with Gasteiger partial charge in [0, 0.05) is 29.8 Å². The van der Waals surface area contributed by atoms with Gasteiger partial charge in [-0.3, -0.25) is 4.79 Å². The van der Waals surface area contributed by atoms with Crippen LogP contribution < -0.4 is 4.74 Å². The lowest BCUT2D eigenvalue weighted by atomic mass is 9.81. The van der Waals surface area contributed by atoms with Gasteiger partial charge in [-0.2, -0.15) is 0 Å². The van der Waals surface area contributed by atoms with Crippen molar-refractivity contribution in [2.45, 2.75) is 79.2 Å². The highest BCUT2D eigenvalue weighted by atomic mass is 35.5. The van der Waals surface area contributed by atoms with Crippen LogP contribution in [-0.2, 0) is 29.0 Å². The first-order chi connectivity index (χ1) is 20.1. The molecule has 3 aromatic carbocycles. The quantitative estimate of drug-likeness (QED) is 0.287. The highest BCUT2D eigenvalue weighted by Gasteiger charge is 2.37. The number of carbonyl (C=O) groups is 2. The van der Waals surface area contributed by atoms with E-state index in [1.807, 2.05) is 20.8 Å². The van der Waals surface area contributed by atoms with E-state index in [0.29, 0.717) is 35.3 Å². The third kappa shape index (κ3) is 5.61. The van der Waals surface area contributed by atoms with Crippen molar-refractivity contribution in [1.29, 1.82) is 0 Å². The fourth-order valence-electron chi connectivity index (χ4n) is 6.21. The molecule has 0 aromatic heterocycles. The number of halogens is 4. The van der Waals surface area contributed by atoms with Crippen molar-refractivity contribution in [1.82, 2.24) is 4.90 Å². The molecule has 2 aliphatic rings. The Labute approximate surface area is 259 Å². The average Bonchev–Trinajstić information content (AvgIpc) is 3.40. The minimum Gasteiger partial charge on any atom is -0.490 e. The fourth-order valence-corrected chi connectivity index (χ4v) is 6.69. The summed E-state index contributed by atoms with van der Waals surface area (Å²) in [4.78, 5) is 28.0. The molecule has 0 radical (unpaired) electrons. The summed E-state index contributed by atoms with van der Waals surface area (Å²) in [7, 11) is 0. The van der Waals surface area contributed by atoms with E-state index in [-0.39, 0.29) is 34.4 Å². The van der Waals surface area contributed by atoms with Gasteiger partial charge in [-0.1, -0.05) is 23.2 Å². The number of carbonyl (C=O) groups excluding carboxylic acids is 1. The molecule has 5 rings (SSSR count). The molecule has 1 N–H and O–H groups in total. The minimum absolute atomic E-state index is 0.132. The molecule has 0 spiro atoms. The average molecular weight is 633 g/mol. The van der Waals surface area contributed by atoms with E-state index in [2.05, 4.69) is 0 Å². The summed E-state index contributed by atoms with van der Waals surface area (Å²) in [6.45, 7) is 11.7. The van der Waals surface area contributed by atoms with Crippen LogP contribution in [0.25, 0.3) is 11.1 Å². The lowest BCUT2D eigenvalue weighted by Crippen LogP contribution is -2.29. The molecule has 0 unspecified atom stereocenters. The summed E-state index contributed by atoms with van der Waals surface area (Å²) in [5.41, 5.74) is 5.42. The van der Waals surface area contributed by atoms with Gasteiger partial charge in [0.25, 0.3) is 5.91 Å². The van der Waals surface area contributed by atoms with E-state index in [9.17, 15) is 19.1 Å². The third-order valence-electron chi connectivity index (χ3n) is 8.20. The van der Waals surface area contributed by atoms with Gasteiger partial charge < -0.3 is 19.5 Å². The second-order valence-corrected chi connectivity index (χ2v) is 13.0. The minimum atomic E-state index is -1.37. The van der Waals surface area contributed by atoms with Gasteiger partial charge in [0.1, 0.15) is 0 Å². The van der Waals surface area contributed by atoms with Gasteiger partial charge in [0.05, 0.1) is 22.3 Å². The van der Waals surface area contributed by atoms with Gasteiger partial charge in [-0.25, -0.2) is 13.6 Å². The van der Waals surface area contributed by atoms with Gasteiger partial charge in [-0.05, 0) is 112 Å². The van der Waals surface area contributed by atoms with Crippen LogP contribution in [0.15, 0.2) is 18.2 Å². The maximum absolute atomic E-state index is 15.5. The van der Waals surface area contributed by atoms with Gasteiger partial charge in [0.15, 0.2) is 23.5 Å². The largest absolute Gasteiger partial charge is 0.490 e. The summed E-state index contributed by atoms with van der Waals surface area (Å²) >= 11 is 11.9. The lowest BCUT2D eigenvalue weighted by Gasteiger charge is -2.31. The zero-order chi connectivity index (χ0) is 31.5. The van der Waals surface area contributed by atoms with Crippen molar-refractivity contribution in [3.63, 3.8) is 0 Å². The Balaban J connectivity index is 1.73. The number of rotatable bonds is 5. The summed E-state index contributed by atoms with van der Waals surface area (Å²) < 4.78 is 41.4. The van der Waals surface area contributed by atoms with Crippen molar-refractivity contribution in [3.8, 4) is 16.9 Å². The van der Waals surface area contributed by atoms with Crippen LogP contribution in [0.2, 0.25) is 10.0 Å². The number of carboxylic acids is 1. The fraction of sp³-hybridized carbons (Fsp3) is 0.394. The molecule has 6 nitrogen and oxygen atoms in total. The molecule has 0 bridgehead atoms. The number of hydrogen-bond acceptors (Lipinski definition) is 4. The first-order valence-electron chi connectivity index (χ1n) is 14.0. The number of carboxylic acid groups (broad SMARTS) is 1. The molecule has 1 atom stereocenters. The standard InChI is InChI=1S/C33H33Cl2F2NO5/c1-15-19-8-7-9-42-29(19)25(36)12-20(15)26-16(2)21-13-38(31(39)18-10-23(34)28(37)24(35)11-18)14-22(21)17(3)27(26)30(32(40)41)43-33(4,5)6/h10-12,30H,7-9,13-14H2,1-6H3,(H,40,41)/t30-/m0/s1. The second kappa shape index (κ2) is 11.4. The number of benzene rings is 3. The Morgan fingerprint density at radius 1 is 0.977 bits per heavy atom. The monoisotopic (exact) mass is 631 g/mol. The Kier molecular flexibility index (Phi) is 8.26. The Morgan fingerprint density at radius 2 is 1.58 bits per heavy atom. The normalized spacial score (nSPS) is 15.2. The first kappa shape index (κ1) is 31.2. The highest BCUT2D eigenvalue weighted by Crippen LogP contribution is 2.47. The molecular formula is C33H33Cl2F2NO5. The van der Waals surface area contributed by atoms with E-state index in [0.717, 1.165) is 34.2 Å². The molecule has 1 amide bonds. The smallest absolute Gasteiger partial charge is 0.337 e. The summed E-state index contributed by atoms with van der Waals surface area (Å²) in [5, 5.41) is 9.94. The molecule has 0 saturated carbocycles. The molecular weight excluding hydrogens is 599 g/mol. The van der Waals surface area contributed by atoms with Crippen molar-refractivity contribution < 1.29 is 33.0 Å². The Hall–Kier alpha value is -3.20. The van der Waals surface area contributed by atoms with Crippen LogP contribution in [0, 0.1) is 32.4 Å². The first-order valence-corrected chi connectivity index (χ1v) is 14.8. The number of nitrogens with zero attached hydrogens (tertiary/aromatic N) is 1. The van der Waals surface area contributed by atoms with E-state index in [1.54, 1.807) is 25.7 Å². The lowest BCUT2D eigenvalue weighted by molar-refractivity contribution is -0.160. The van der Waals surface area contributed by atoms with Crippen molar-refractivity contribution >= 4 is 35.1 Å². The van der Waals surface area contributed by atoms with Crippen LogP contribution in [0.3, 0.4) is 0 Å². The molecule has 0 aliphatic carbocycles. The maximum atomic E-state index is 15.5. The number of aliphatic carboxylic acids is 1. The third-order valence-corrected chi connectivity index (χ3v) is 8.75. The molecule has 228 valence electrons. The number of hydrogen-bond donors (Lipinski definition) is 1. The van der Waals surface area contributed by atoms with Gasteiger partial charge in [0.2, 0.25) is 0 Å². The molecule has 10 heteroatoms. The van der Waals surface area contributed by atoms with E-state index >= 15 is 4.39 Å². The Bertz CT molecular complexity index is 1660. The van der Waals surface area contributed by atoms with Crippen LogP contribution in [0.4, 0.5) is 8.78 Å². The van der Waals surface area contributed by atoms with E-state index < -0.39 is 35.2 Å². The summed E-state index contributed by atoms with van der Waals surface area (Å²) in [5.74, 6) is -2.67. The zero-order valence-electron chi connectivity index (χ0n) is 24.9. The molecule has 2 heterocycles. The predicted octanol–water partition coefficient (Wildman–Crippen LogP) is 8.29. The SMILES string of the molecule is Cc1c(-c2c(C)c3c(c(C)c2[C@H](OC(C)(C)C)C(=O)O)CN(C(=O)c2cc(Cl)c(F)c(Cl)c2)C3)cc(F)c2c1CCCO2. The highest BCUT2D eigenvalue weighted by molar-refractivity contribution is 6.35. The molecule has 0 fully saturated rings. The van der Waals surface area contributed by atoms with Crippen molar-refractivity contribution in [2.75, 3.05) is 6.61 Å². The van der Waals surface area contributed by atoms with Gasteiger partial charge >= 0.3 is 5.97 Å². The molecule has 43 heavy (non-hydrogen) atoms. The van der Waals surface area contributed by atoms with E-state index in [4.69, 9.17) is 32.7 Å². The predicted molar refractivity (Wildman–Crippen MR) is 161 cm³/mol. The summed E-state index contributed by atoms with van der Waals surface area (Å²) in [6, 6.07) is 3.89.